The lowest BCUT2D eigenvalue weighted by atomic mass is 10.1. The third-order valence-electron chi connectivity index (χ3n) is 4.49. The Labute approximate surface area is 166 Å². The van der Waals surface area contributed by atoms with Gasteiger partial charge in [-0.3, -0.25) is 24.5 Å². The normalized spacial score (nSPS) is 15.8. The molecule has 2 amide bonds. The summed E-state index contributed by atoms with van der Waals surface area (Å²) < 4.78 is 5.04. The van der Waals surface area contributed by atoms with Crippen LogP contribution in [0.15, 0.2) is 48.5 Å². The van der Waals surface area contributed by atoms with E-state index < -0.39 is 29.3 Å². The van der Waals surface area contributed by atoms with Crippen molar-refractivity contribution in [2.75, 3.05) is 23.4 Å². The minimum Gasteiger partial charge on any atom is -0.455 e. The minimum atomic E-state index is -0.742. The first-order valence-electron chi connectivity index (χ1n) is 8.91. The number of nitro benzene ring substituents is 1. The molecule has 3 rings (SSSR count). The van der Waals surface area contributed by atoms with E-state index in [-0.39, 0.29) is 24.6 Å². The Bertz CT molecular complexity index is 957. The SMILES string of the molecule is Cc1ccc(NC(=O)COC(=O)[C@@H]2CC(=O)N(c3cccc([N+](=O)[O-])c3)C2)cc1. The van der Waals surface area contributed by atoms with Gasteiger partial charge in [-0.05, 0) is 25.1 Å². The average Bonchev–Trinajstić information content (AvgIpc) is 3.10. The standard InChI is InChI=1S/C20H19N3O6/c1-13-5-7-15(8-6-13)21-18(24)12-29-20(26)14-9-19(25)22(11-14)16-3-2-4-17(10-16)23(27)28/h2-8,10,14H,9,11-12H2,1H3,(H,21,24)/t14-/m1/s1. The van der Waals surface area contributed by atoms with E-state index >= 15 is 0 Å². The predicted molar refractivity (Wildman–Crippen MR) is 104 cm³/mol. The van der Waals surface area contributed by atoms with Gasteiger partial charge in [0.05, 0.1) is 16.5 Å². The van der Waals surface area contributed by atoms with Crippen molar-refractivity contribution in [3.63, 3.8) is 0 Å². The first-order valence-corrected chi connectivity index (χ1v) is 8.91. The highest BCUT2D eigenvalue weighted by Crippen LogP contribution is 2.28. The first-order chi connectivity index (χ1) is 13.8. The molecule has 2 aromatic rings. The van der Waals surface area contributed by atoms with E-state index in [1.54, 1.807) is 18.2 Å². The van der Waals surface area contributed by atoms with Gasteiger partial charge in [0.1, 0.15) is 0 Å². The third kappa shape index (κ3) is 4.95. The molecule has 1 saturated heterocycles. The maximum atomic E-state index is 12.3. The Kier molecular flexibility index (Phi) is 5.87. The number of aryl methyl sites for hydroxylation is 1. The maximum absolute atomic E-state index is 12.3. The van der Waals surface area contributed by atoms with Crippen LogP contribution >= 0.6 is 0 Å². The number of esters is 1. The van der Waals surface area contributed by atoms with Gasteiger partial charge in [-0.1, -0.05) is 23.8 Å². The summed E-state index contributed by atoms with van der Waals surface area (Å²) in [5, 5.41) is 13.5. The molecule has 150 valence electrons. The fourth-order valence-electron chi connectivity index (χ4n) is 2.98. The van der Waals surface area contributed by atoms with Crippen molar-refractivity contribution in [3.8, 4) is 0 Å². The van der Waals surface area contributed by atoms with Gasteiger partial charge in [0.25, 0.3) is 11.6 Å². The van der Waals surface area contributed by atoms with Crippen molar-refractivity contribution >= 4 is 34.8 Å². The number of nitrogens with one attached hydrogen (secondary N) is 1. The summed E-state index contributed by atoms with van der Waals surface area (Å²) in [5.41, 5.74) is 1.84. The van der Waals surface area contributed by atoms with Crippen LogP contribution < -0.4 is 10.2 Å². The summed E-state index contributed by atoms with van der Waals surface area (Å²) in [6, 6.07) is 12.8. The van der Waals surface area contributed by atoms with E-state index in [1.807, 2.05) is 19.1 Å². The number of nitro groups is 1. The number of benzene rings is 2. The van der Waals surface area contributed by atoms with E-state index in [0.29, 0.717) is 11.4 Å². The van der Waals surface area contributed by atoms with Crippen molar-refractivity contribution < 1.29 is 24.0 Å². The van der Waals surface area contributed by atoms with Gasteiger partial charge in [0.15, 0.2) is 6.61 Å². The molecule has 2 aromatic carbocycles. The molecular formula is C20H19N3O6. The van der Waals surface area contributed by atoms with Crippen LogP contribution in [0, 0.1) is 23.0 Å². The molecule has 1 aliphatic rings. The Morgan fingerprint density at radius 1 is 1.24 bits per heavy atom. The summed E-state index contributed by atoms with van der Waals surface area (Å²) >= 11 is 0. The maximum Gasteiger partial charge on any atom is 0.311 e. The fourth-order valence-corrected chi connectivity index (χ4v) is 2.98. The van der Waals surface area contributed by atoms with Gasteiger partial charge in [0.2, 0.25) is 5.91 Å². The molecule has 1 fully saturated rings. The lowest BCUT2D eigenvalue weighted by Crippen LogP contribution is -2.28. The second-order valence-corrected chi connectivity index (χ2v) is 6.70. The molecule has 1 aliphatic heterocycles. The van der Waals surface area contributed by atoms with Gasteiger partial charge in [-0.15, -0.1) is 0 Å². The van der Waals surface area contributed by atoms with Gasteiger partial charge in [0, 0.05) is 30.8 Å². The topological polar surface area (TPSA) is 119 Å². The number of rotatable bonds is 6. The molecule has 0 unspecified atom stereocenters. The highest BCUT2D eigenvalue weighted by molar-refractivity contribution is 6.00. The smallest absolute Gasteiger partial charge is 0.311 e. The minimum absolute atomic E-state index is 0.0401. The van der Waals surface area contributed by atoms with E-state index in [2.05, 4.69) is 5.32 Å². The van der Waals surface area contributed by atoms with Crippen LogP contribution in [0.25, 0.3) is 0 Å². The highest BCUT2D eigenvalue weighted by Gasteiger charge is 2.36. The second-order valence-electron chi connectivity index (χ2n) is 6.70. The Morgan fingerprint density at radius 2 is 1.97 bits per heavy atom. The van der Waals surface area contributed by atoms with Gasteiger partial charge >= 0.3 is 5.97 Å². The zero-order valence-corrected chi connectivity index (χ0v) is 15.7. The molecule has 0 aliphatic carbocycles. The van der Waals surface area contributed by atoms with Crippen molar-refractivity contribution in [1.82, 2.24) is 0 Å². The number of carbonyl (C=O) groups excluding carboxylic acids is 3. The molecule has 0 radical (unpaired) electrons. The molecule has 0 aromatic heterocycles. The molecule has 29 heavy (non-hydrogen) atoms. The van der Waals surface area contributed by atoms with Gasteiger partial charge in [-0.25, -0.2) is 0 Å². The van der Waals surface area contributed by atoms with Gasteiger partial charge < -0.3 is 15.0 Å². The quantitative estimate of drug-likeness (QED) is 0.454. The molecule has 1 heterocycles. The summed E-state index contributed by atoms with van der Waals surface area (Å²) in [6.45, 7) is 1.50. The molecule has 0 spiro atoms. The fraction of sp³-hybridized carbons (Fsp3) is 0.250. The van der Waals surface area contributed by atoms with Crippen LogP contribution in [0.1, 0.15) is 12.0 Å². The van der Waals surface area contributed by atoms with Crippen LogP contribution in [0.3, 0.4) is 0 Å². The predicted octanol–water partition coefficient (Wildman–Crippen LogP) is 2.44. The van der Waals surface area contributed by atoms with Crippen LogP contribution in [0.5, 0.6) is 0 Å². The first kappa shape index (κ1) is 20.0. The molecule has 9 heteroatoms. The zero-order chi connectivity index (χ0) is 21.0. The van der Waals surface area contributed by atoms with Crippen LogP contribution in [-0.2, 0) is 19.1 Å². The molecule has 1 atom stereocenters. The highest BCUT2D eigenvalue weighted by atomic mass is 16.6. The van der Waals surface area contributed by atoms with E-state index in [4.69, 9.17) is 4.74 Å². The summed E-state index contributed by atoms with van der Waals surface area (Å²) in [6.07, 6.45) is -0.0822. The third-order valence-corrected chi connectivity index (χ3v) is 4.49. The second kappa shape index (κ2) is 8.51. The van der Waals surface area contributed by atoms with Crippen molar-refractivity contribution in [1.29, 1.82) is 0 Å². The number of nitrogens with zero attached hydrogens (tertiary/aromatic N) is 2. The molecule has 1 N–H and O–H groups in total. The number of non-ortho nitro benzene ring substituents is 1. The molecule has 9 nitrogen and oxygen atoms in total. The van der Waals surface area contributed by atoms with Crippen molar-refractivity contribution in [2.24, 2.45) is 5.92 Å². The summed E-state index contributed by atoms with van der Waals surface area (Å²) in [7, 11) is 0. The largest absolute Gasteiger partial charge is 0.455 e. The number of anilines is 2. The Morgan fingerprint density at radius 3 is 2.66 bits per heavy atom. The number of hydrogen-bond acceptors (Lipinski definition) is 6. The van der Waals surface area contributed by atoms with E-state index in [1.165, 1.54) is 23.1 Å². The van der Waals surface area contributed by atoms with Crippen LogP contribution in [0.2, 0.25) is 0 Å². The van der Waals surface area contributed by atoms with Crippen LogP contribution in [-0.4, -0.2) is 35.9 Å². The average molecular weight is 397 g/mol. The molecule has 0 saturated carbocycles. The lowest BCUT2D eigenvalue weighted by Gasteiger charge is -2.16. The number of amides is 2. The summed E-state index contributed by atoms with van der Waals surface area (Å²) in [5.74, 6) is -2.22. The van der Waals surface area contributed by atoms with Crippen molar-refractivity contribution in [2.45, 2.75) is 13.3 Å². The zero-order valence-electron chi connectivity index (χ0n) is 15.7. The Balaban J connectivity index is 1.55. The van der Waals surface area contributed by atoms with Crippen LogP contribution in [0.4, 0.5) is 17.1 Å². The molecular weight excluding hydrogens is 378 g/mol. The monoisotopic (exact) mass is 397 g/mol. The Hall–Kier alpha value is -3.75. The number of ether oxygens (including phenoxy) is 1. The van der Waals surface area contributed by atoms with Crippen molar-refractivity contribution in [3.05, 3.63) is 64.2 Å². The van der Waals surface area contributed by atoms with Gasteiger partial charge in [-0.2, -0.15) is 0 Å². The number of carbonyl (C=O) groups is 3. The lowest BCUT2D eigenvalue weighted by molar-refractivity contribution is -0.384. The summed E-state index contributed by atoms with van der Waals surface area (Å²) in [4.78, 5) is 48.1. The molecule has 0 bridgehead atoms. The van der Waals surface area contributed by atoms with E-state index in [0.717, 1.165) is 5.56 Å². The number of hydrogen-bond donors (Lipinski definition) is 1. The van der Waals surface area contributed by atoms with E-state index in [9.17, 15) is 24.5 Å².